The fourth-order valence-electron chi connectivity index (χ4n) is 12.8. The Labute approximate surface area is 509 Å². The van der Waals surface area contributed by atoms with Crippen molar-refractivity contribution >= 4 is 44.6 Å². The van der Waals surface area contributed by atoms with Gasteiger partial charge in [0.1, 0.15) is 24.0 Å². The zero-order chi connectivity index (χ0) is 64.7. The topological polar surface area (TPSA) is 33.5 Å². The van der Waals surface area contributed by atoms with E-state index >= 15 is 0 Å². The van der Waals surface area contributed by atoms with Crippen LogP contribution in [0.3, 0.4) is 0 Å². The standard InChI is InChI=1S/C79H86N4O/c1-50-41-71(80-48-65(50)61-27-22-28-66-72(61)79(16,17)40-39-78(66,14)15)83-67-38-35-55(76(8,9)10)43-64(67)60-37-36-59(47-70(60)83)84-58-26-21-25-57(46-58)81-49-82(69-30-19-18-29-68(69)81)73-62(51-31-33-53(34-32-51)74(2,3)4)44-56(77(11,12)13)45-63(73)52-23-20-24-54(42-52)75(5,6)7/h18-38,41-48H,39-40,49H2,1-17H3/i1D3,22D,27D,28D. The van der Waals surface area contributed by atoms with Crippen LogP contribution in [-0.2, 0) is 32.5 Å². The third-order valence-electron chi connectivity index (χ3n) is 18.1. The van der Waals surface area contributed by atoms with E-state index in [9.17, 15) is 2.74 Å². The Hall–Kier alpha value is -7.89. The maximum absolute atomic E-state index is 9.45. The second-order valence-electron chi connectivity index (χ2n) is 29.3. The lowest BCUT2D eigenvalue weighted by atomic mass is 9.61. The molecule has 0 bridgehead atoms. The van der Waals surface area contributed by atoms with E-state index in [4.69, 9.17) is 15.2 Å². The number of aryl methyl sites for hydroxylation is 1. The summed E-state index contributed by atoms with van der Waals surface area (Å²) in [6.45, 7) is 33.4. The molecule has 1 aliphatic carbocycles. The molecule has 0 saturated heterocycles. The van der Waals surface area contributed by atoms with Crippen LogP contribution in [0.25, 0.3) is 61.0 Å². The van der Waals surface area contributed by atoms with E-state index < -0.39 is 17.7 Å². The van der Waals surface area contributed by atoms with Gasteiger partial charge in [-0.3, -0.25) is 4.57 Å². The Morgan fingerprint density at radius 3 is 1.82 bits per heavy atom. The van der Waals surface area contributed by atoms with Crippen molar-refractivity contribution in [3.63, 3.8) is 0 Å². The van der Waals surface area contributed by atoms with E-state index in [2.05, 4.69) is 242 Å². The number of benzene rings is 8. The molecule has 0 atom stereocenters. The first-order chi connectivity index (χ1) is 42.0. The van der Waals surface area contributed by atoms with Crippen LogP contribution >= 0.6 is 0 Å². The van der Waals surface area contributed by atoms with Gasteiger partial charge in [0.05, 0.1) is 32.2 Å². The van der Waals surface area contributed by atoms with Crippen LogP contribution in [0.4, 0.5) is 22.7 Å². The number of pyridine rings is 1. The maximum atomic E-state index is 9.45. The molecule has 0 saturated carbocycles. The van der Waals surface area contributed by atoms with Crippen molar-refractivity contribution in [2.75, 3.05) is 16.5 Å². The molecule has 10 aromatic rings. The van der Waals surface area contributed by atoms with Gasteiger partial charge >= 0.3 is 0 Å². The monoisotopic (exact) mass is 1110 g/mol. The van der Waals surface area contributed by atoms with Gasteiger partial charge in [-0.2, -0.15) is 0 Å². The Bertz CT molecular complexity index is 4500. The second-order valence-corrected chi connectivity index (χ2v) is 29.3. The van der Waals surface area contributed by atoms with Gasteiger partial charge in [-0.15, -0.1) is 0 Å². The number of rotatable bonds is 8. The van der Waals surface area contributed by atoms with Crippen LogP contribution in [0.2, 0.25) is 0 Å². The molecule has 2 aliphatic rings. The lowest BCUT2D eigenvalue weighted by Gasteiger charge is -2.43. The molecule has 3 heterocycles. The predicted octanol–water partition coefficient (Wildman–Crippen LogP) is 22.1. The van der Waals surface area contributed by atoms with E-state index in [-0.39, 0.29) is 45.4 Å². The summed E-state index contributed by atoms with van der Waals surface area (Å²) in [4.78, 5) is 10.0. The quantitative estimate of drug-likeness (QED) is 0.152. The minimum atomic E-state index is -2.63. The summed E-state index contributed by atoms with van der Waals surface area (Å²) in [6, 6.07) is 54.0. The van der Waals surface area contributed by atoms with Gasteiger partial charge < -0.3 is 14.5 Å². The number of fused-ring (bicyclic) bond motifs is 5. The third kappa shape index (κ3) is 10.2. The number of nitrogens with zero attached hydrogens (tertiary/aromatic N) is 4. The molecule has 0 amide bonds. The number of para-hydroxylation sites is 2. The Morgan fingerprint density at radius 1 is 0.500 bits per heavy atom. The van der Waals surface area contributed by atoms with E-state index in [1.807, 2.05) is 28.8 Å². The van der Waals surface area contributed by atoms with Gasteiger partial charge in [0.2, 0.25) is 0 Å². The second kappa shape index (κ2) is 20.1. The maximum Gasteiger partial charge on any atom is 0.137 e. The fraction of sp³-hybridized carbons (Fsp3) is 0.329. The number of anilines is 4. The van der Waals surface area contributed by atoms with Gasteiger partial charge in [-0.1, -0.05) is 202 Å². The highest BCUT2D eigenvalue weighted by Gasteiger charge is 2.39. The van der Waals surface area contributed by atoms with Crippen LogP contribution in [0.1, 0.15) is 171 Å². The van der Waals surface area contributed by atoms with Crippen LogP contribution in [0.15, 0.2) is 176 Å². The molecule has 0 fully saturated rings. The molecular weight excluding hydrogens is 1020 g/mol. The van der Waals surface area contributed by atoms with Crippen LogP contribution in [0.5, 0.6) is 11.5 Å². The van der Waals surface area contributed by atoms with Crippen molar-refractivity contribution in [3.8, 4) is 50.7 Å². The summed E-state index contributed by atoms with van der Waals surface area (Å²) < 4.78 is 64.1. The van der Waals surface area contributed by atoms with Crippen molar-refractivity contribution in [3.05, 3.63) is 215 Å². The molecular formula is C79H86N4O. The van der Waals surface area contributed by atoms with Gasteiger partial charge in [-0.05, 0) is 175 Å². The average molecular weight is 1110 g/mol. The van der Waals surface area contributed by atoms with Gasteiger partial charge in [0.15, 0.2) is 0 Å². The molecule has 428 valence electrons. The molecule has 1 aliphatic heterocycles. The minimum Gasteiger partial charge on any atom is -0.457 e. The summed E-state index contributed by atoms with van der Waals surface area (Å²) in [6.07, 6.45) is 3.16. The normalized spacial score (nSPS) is 16.4. The van der Waals surface area contributed by atoms with E-state index in [1.165, 1.54) is 33.4 Å². The van der Waals surface area contributed by atoms with E-state index in [0.29, 0.717) is 40.7 Å². The lowest BCUT2D eigenvalue weighted by molar-refractivity contribution is 0.333. The first kappa shape index (κ1) is 49.5. The van der Waals surface area contributed by atoms with Crippen molar-refractivity contribution in [2.24, 2.45) is 0 Å². The predicted molar refractivity (Wildman–Crippen MR) is 358 cm³/mol. The Balaban J connectivity index is 0.977. The Kier molecular flexibility index (Phi) is 11.9. The smallest absolute Gasteiger partial charge is 0.137 e. The first-order valence-electron chi connectivity index (χ1n) is 33.1. The number of aromatic nitrogens is 2. The van der Waals surface area contributed by atoms with Gasteiger partial charge in [0.25, 0.3) is 0 Å². The molecule has 0 radical (unpaired) electrons. The molecule has 0 unspecified atom stereocenters. The highest BCUT2D eigenvalue weighted by atomic mass is 16.5. The molecule has 8 aromatic carbocycles. The molecule has 2 aromatic heterocycles. The number of hydrogen-bond donors (Lipinski definition) is 0. The van der Waals surface area contributed by atoms with E-state index in [0.717, 1.165) is 74.1 Å². The fourth-order valence-corrected chi connectivity index (χ4v) is 12.8. The lowest BCUT2D eigenvalue weighted by Crippen LogP contribution is -2.34. The SMILES string of the molecule is [2H]c1c([2H])c(-c2cnc(-n3c4ccc(C(C)(C)C)cc4c4ccc(Oc5cccc(N6CN(c7c(-c8ccc(C(C)(C)C)cc8)cc(C(C)(C)C)cc7-c7cccc(C(C)(C)C)c7)c7ccccc76)c5)cc43)cc2C([2H])([2H])[2H])c2c(c1[2H])C(C)(C)CCC2(C)C. The molecule has 0 N–H and O–H groups in total. The number of hydrogen-bond acceptors (Lipinski definition) is 4. The minimum absolute atomic E-state index is 0.00136. The summed E-state index contributed by atoms with van der Waals surface area (Å²) in [5.74, 6) is 1.64. The number of ether oxygens (including phenoxy) is 1. The molecule has 5 nitrogen and oxygen atoms in total. The van der Waals surface area contributed by atoms with Crippen LogP contribution < -0.4 is 14.5 Å². The molecule has 84 heavy (non-hydrogen) atoms. The van der Waals surface area contributed by atoms with Crippen molar-refractivity contribution < 1.29 is 13.0 Å². The highest BCUT2D eigenvalue weighted by molar-refractivity contribution is 6.10. The van der Waals surface area contributed by atoms with E-state index in [1.54, 1.807) is 12.3 Å². The van der Waals surface area contributed by atoms with Gasteiger partial charge in [-0.25, -0.2) is 4.98 Å². The summed E-state index contributed by atoms with van der Waals surface area (Å²) in [5, 5.41) is 1.94. The summed E-state index contributed by atoms with van der Waals surface area (Å²) in [5.41, 5.74) is 16.4. The first-order valence-corrected chi connectivity index (χ1v) is 30.1. The largest absolute Gasteiger partial charge is 0.457 e. The summed E-state index contributed by atoms with van der Waals surface area (Å²) in [7, 11) is 0. The molecule has 12 rings (SSSR count). The average Bonchev–Trinajstić information content (AvgIpc) is 0.863. The zero-order valence-electron chi connectivity index (χ0n) is 58.3. The van der Waals surface area contributed by atoms with Crippen LogP contribution in [0, 0.1) is 6.85 Å². The van der Waals surface area contributed by atoms with Crippen molar-refractivity contribution in [1.82, 2.24) is 9.55 Å². The zero-order valence-corrected chi connectivity index (χ0v) is 52.3. The molecule has 0 spiro atoms. The molecule has 5 heteroatoms. The van der Waals surface area contributed by atoms with Crippen molar-refractivity contribution in [2.45, 2.75) is 163 Å². The summed E-state index contributed by atoms with van der Waals surface area (Å²) >= 11 is 0. The van der Waals surface area contributed by atoms with Crippen molar-refractivity contribution in [1.29, 1.82) is 0 Å². The van der Waals surface area contributed by atoms with Crippen LogP contribution in [-0.4, -0.2) is 16.2 Å². The Morgan fingerprint density at radius 2 is 1.13 bits per heavy atom. The third-order valence-corrected chi connectivity index (χ3v) is 18.1. The highest BCUT2D eigenvalue weighted by Crippen LogP contribution is 2.53. The van der Waals surface area contributed by atoms with Gasteiger partial charge in [0, 0.05) is 55.6 Å².